The maximum atomic E-state index is 7.18. The Balaban J connectivity index is 1.04. The minimum atomic E-state index is -0.664. The second-order valence-electron chi connectivity index (χ2n) is 17.2. The summed E-state index contributed by atoms with van der Waals surface area (Å²) in [5.74, 6) is 0.997. The molecule has 11 aromatic rings. The molecular formula is C63H40O. The Morgan fingerprint density at radius 3 is 1.64 bits per heavy atom. The molecule has 298 valence electrons. The molecule has 0 bridgehead atoms. The first-order valence-electron chi connectivity index (χ1n) is 22.1. The Morgan fingerprint density at radius 1 is 0.344 bits per heavy atom. The lowest BCUT2D eigenvalue weighted by Crippen LogP contribution is -2.25. The Morgan fingerprint density at radius 2 is 0.891 bits per heavy atom. The van der Waals surface area contributed by atoms with Crippen LogP contribution < -0.4 is 0 Å². The predicted molar refractivity (Wildman–Crippen MR) is 267 cm³/mol. The van der Waals surface area contributed by atoms with Gasteiger partial charge >= 0.3 is 0 Å². The lowest BCUT2D eigenvalue weighted by Gasteiger charge is -2.28. The fourth-order valence-electron chi connectivity index (χ4n) is 10.8. The number of hydrogen-bond acceptors (Lipinski definition) is 1. The van der Waals surface area contributed by atoms with Gasteiger partial charge < -0.3 is 4.42 Å². The highest BCUT2D eigenvalue weighted by molar-refractivity contribution is 6.06. The highest BCUT2D eigenvalue weighted by Gasteiger charge is 2.55. The molecule has 1 atom stereocenters. The third kappa shape index (κ3) is 5.58. The topological polar surface area (TPSA) is 13.1 Å². The van der Waals surface area contributed by atoms with Crippen LogP contribution in [0.4, 0.5) is 0 Å². The second-order valence-corrected chi connectivity index (χ2v) is 17.2. The fourth-order valence-corrected chi connectivity index (χ4v) is 10.8. The Hall–Kier alpha value is -8.26. The van der Waals surface area contributed by atoms with Gasteiger partial charge in [-0.2, -0.15) is 0 Å². The highest BCUT2D eigenvalue weighted by Crippen LogP contribution is 2.65. The van der Waals surface area contributed by atoms with Crippen molar-refractivity contribution in [1.29, 1.82) is 0 Å². The third-order valence-corrected chi connectivity index (χ3v) is 13.6. The molecule has 2 aliphatic carbocycles. The van der Waals surface area contributed by atoms with E-state index in [0.29, 0.717) is 0 Å². The van der Waals surface area contributed by atoms with Crippen molar-refractivity contribution in [2.45, 2.75) is 5.41 Å². The fraction of sp³-hybridized carbons (Fsp3) is 0.0159. The van der Waals surface area contributed by atoms with Gasteiger partial charge in [0.05, 0.1) is 0 Å². The molecule has 0 fully saturated rings. The summed E-state index contributed by atoms with van der Waals surface area (Å²) in [6.07, 6.45) is 4.72. The average Bonchev–Trinajstić information content (AvgIpc) is 3.98. The first kappa shape index (κ1) is 36.4. The van der Waals surface area contributed by atoms with Crippen LogP contribution in [0, 0.1) is 0 Å². The number of furan rings is 1. The molecule has 0 radical (unpaired) electrons. The molecular weight excluding hydrogens is 773 g/mol. The van der Waals surface area contributed by atoms with E-state index in [4.69, 9.17) is 4.42 Å². The molecule has 10 aromatic carbocycles. The maximum Gasteiger partial charge on any atom is 0.135 e. The van der Waals surface area contributed by atoms with Crippen molar-refractivity contribution in [3.8, 4) is 22.3 Å². The van der Waals surface area contributed by atoms with E-state index < -0.39 is 5.41 Å². The van der Waals surface area contributed by atoms with Crippen molar-refractivity contribution in [2.24, 2.45) is 0 Å². The minimum absolute atomic E-state index is 0.664. The van der Waals surface area contributed by atoms with Gasteiger partial charge in [-0.15, -0.1) is 0 Å². The second kappa shape index (κ2) is 14.4. The zero-order valence-corrected chi connectivity index (χ0v) is 35.0. The first-order valence-corrected chi connectivity index (χ1v) is 22.1. The van der Waals surface area contributed by atoms with Crippen molar-refractivity contribution in [3.05, 3.63) is 286 Å². The van der Waals surface area contributed by atoms with Crippen LogP contribution in [-0.2, 0) is 5.41 Å². The Bertz CT molecular complexity index is 3710. The van der Waals surface area contributed by atoms with E-state index in [0.717, 1.165) is 22.3 Å². The number of hydrogen-bond donors (Lipinski definition) is 0. The summed E-state index contributed by atoms with van der Waals surface area (Å²) in [4.78, 5) is 0. The standard InChI is InChI=1S/C63H40O/c1-3-17-45(18-4-1)54(49-31-30-44-16-8-10-22-48(44)39-49)37-42-28-33-52-59(38-42)63(62-61(52)53-24-12-14-26-60(53)64-62)57-25-13-11-23-51(57)56-40-50(32-34-58(56)63)55(46-19-5-2-6-20-46)36-41-27-29-43-15-7-9-21-47(43)35-41/h1-40H/b54-37?,55-36+. The number of rotatable bonds is 6. The van der Waals surface area contributed by atoms with Gasteiger partial charge in [-0.25, -0.2) is 0 Å². The summed E-state index contributed by atoms with van der Waals surface area (Å²) in [5.41, 5.74) is 18.3. The van der Waals surface area contributed by atoms with E-state index in [1.165, 1.54) is 99.5 Å². The Kier molecular flexibility index (Phi) is 8.20. The monoisotopic (exact) mass is 812 g/mol. The van der Waals surface area contributed by atoms with Gasteiger partial charge in [0.25, 0.3) is 0 Å². The number of fused-ring (bicyclic) bond motifs is 14. The summed E-state index contributed by atoms with van der Waals surface area (Å²) < 4.78 is 7.18. The smallest absolute Gasteiger partial charge is 0.135 e. The summed E-state index contributed by atoms with van der Waals surface area (Å²) >= 11 is 0. The quantitative estimate of drug-likeness (QED) is 0.152. The van der Waals surface area contributed by atoms with Gasteiger partial charge in [-0.3, -0.25) is 0 Å². The van der Waals surface area contributed by atoms with Crippen molar-refractivity contribution < 1.29 is 4.42 Å². The van der Waals surface area contributed by atoms with Gasteiger partial charge in [-0.05, 0) is 142 Å². The molecule has 1 unspecified atom stereocenters. The van der Waals surface area contributed by atoms with Crippen LogP contribution in [0.25, 0.3) is 78.1 Å². The number of benzene rings is 10. The van der Waals surface area contributed by atoms with Crippen molar-refractivity contribution in [3.63, 3.8) is 0 Å². The lowest BCUT2D eigenvalue weighted by atomic mass is 9.72. The van der Waals surface area contributed by atoms with Crippen molar-refractivity contribution in [1.82, 2.24) is 0 Å². The Labute approximate surface area is 372 Å². The van der Waals surface area contributed by atoms with Gasteiger partial charge in [0.15, 0.2) is 0 Å². The van der Waals surface area contributed by atoms with E-state index in [1.54, 1.807) is 0 Å². The van der Waals surface area contributed by atoms with E-state index in [1.807, 2.05) is 0 Å². The molecule has 13 rings (SSSR count). The molecule has 1 spiro atoms. The molecule has 0 saturated heterocycles. The van der Waals surface area contributed by atoms with Crippen LogP contribution in [-0.4, -0.2) is 0 Å². The SMILES string of the molecule is C(=C(c1ccccc1)c1ccc2ccccc2c1)c1ccc2c(c1)C1(c3ccccc3-c3cc(/C(=C/c4ccc5ccccc5c4)c4ccccc4)ccc31)c1oc3ccccc3c1-2. The molecule has 0 aliphatic heterocycles. The largest absolute Gasteiger partial charge is 0.459 e. The van der Waals surface area contributed by atoms with Gasteiger partial charge in [0.1, 0.15) is 16.8 Å². The molecule has 1 heterocycles. The molecule has 0 saturated carbocycles. The van der Waals surface area contributed by atoms with E-state index in [9.17, 15) is 0 Å². The summed E-state index contributed by atoms with van der Waals surface area (Å²) in [6, 6.07) is 84.2. The molecule has 1 aromatic heterocycles. The van der Waals surface area contributed by atoms with Crippen LogP contribution in [0.5, 0.6) is 0 Å². The van der Waals surface area contributed by atoms with Crippen molar-refractivity contribution in [2.75, 3.05) is 0 Å². The summed E-state index contributed by atoms with van der Waals surface area (Å²) in [7, 11) is 0. The molecule has 0 amide bonds. The predicted octanol–water partition coefficient (Wildman–Crippen LogP) is 16.3. The van der Waals surface area contributed by atoms with Gasteiger partial charge in [0, 0.05) is 10.9 Å². The minimum Gasteiger partial charge on any atom is -0.459 e. The maximum absolute atomic E-state index is 7.18. The zero-order valence-electron chi connectivity index (χ0n) is 35.0. The zero-order chi connectivity index (χ0) is 42.2. The van der Waals surface area contributed by atoms with Gasteiger partial charge in [-0.1, -0.05) is 200 Å². The van der Waals surface area contributed by atoms with E-state index >= 15 is 0 Å². The van der Waals surface area contributed by atoms with E-state index in [-0.39, 0.29) is 0 Å². The molecule has 2 aliphatic rings. The van der Waals surface area contributed by atoms with Crippen LogP contribution in [0.15, 0.2) is 235 Å². The van der Waals surface area contributed by atoms with Crippen LogP contribution in [0.3, 0.4) is 0 Å². The average molecular weight is 813 g/mol. The molecule has 64 heavy (non-hydrogen) atoms. The molecule has 0 N–H and O–H groups in total. The molecule has 1 nitrogen and oxygen atoms in total. The third-order valence-electron chi connectivity index (χ3n) is 13.6. The van der Waals surface area contributed by atoms with Crippen LogP contribution in [0.1, 0.15) is 55.8 Å². The first-order chi connectivity index (χ1) is 31.7. The normalized spacial score (nSPS) is 15.1. The van der Waals surface area contributed by atoms with Crippen LogP contribution in [0.2, 0.25) is 0 Å². The van der Waals surface area contributed by atoms with Gasteiger partial charge in [0.2, 0.25) is 0 Å². The van der Waals surface area contributed by atoms with Crippen molar-refractivity contribution >= 4 is 55.8 Å². The summed E-state index contributed by atoms with van der Waals surface area (Å²) in [5, 5.41) is 6.09. The van der Waals surface area contributed by atoms with Crippen LogP contribution >= 0.6 is 0 Å². The highest BCUT2D eigenvalue weighted by atomic mass is 16.3. The lowest BCUT2D eigenvalue weighted by molar-refractivity contribution is 0.506. The molecule has 1 heteroatoms. The summed E-state index contributed by atoms with van der Waals surface area (Å²) in [6.45, 7) is 0. The number of para-hydroxylation sites is 1. The van der Waals surface area contributed by atoms with E-state index in [2.05, 4.69) is 243 Å².